The molecule has 3 aromatic rings. The monoisotopic (exact) mass is 435 g/mol. The van der Waals surface area contributed by atoms with Crippen molar-refractivity contribution in [1.29, 1.82) is 0 Å². The lowest BCUT2D eigenvalue weighted by Gasteiger charge is -2.14. The maximum atomic E-state index is 13.1. The number of nitrogens with one attached hydrogen (secondary N) is 3. The SMILES string of the molecule is Cc1[nH]c2c(-c3c(OCC4CC4)ccc4c3OCO4)ncnc2c1C(=O)N[C@@H]1CCNC1. The van der Waals surface area contributed by atoms with Crippen LogP contribution in [0.15, 0.2) is 18.5 Å². The summed E-state index contributed by atoms with van der Waals surface area (Å²) in [5.74, 6) is 2.42. The Morgan fingerprint density at radius 1 is 1.25 bits per heavy atom. The predicted molar refractivity (Wildman–Crippen MR) is 117 cm³/mol. The smallest absolute Gasteiger partial charge is 0.255 e. The molecular formula is C23H25N5O4. The van der Waals surface area contributed by atoms with Crippen LogP contribution in [-0.4, -0.2) is 53.4 Å². The van der Waals surface area contributed by atoms with Gasteiger partial charge in [-0.2, -0.15) is 0 Å². The zero-order chi connectivity index (χ0) is 21.7. The summed E-state index contributed by atoms with van der Waals surface area (Å²) in [5, 5.41) is 6.39. The number of nitrogens with zero attached hydrogens (tertiary/aromatic N) is 2. The molecule has 0 radical (unpaired) electrons. The van der Waals surface area contributed by atoms with Crippen LogP contribution in [0.3, 0.4) is 0 Å². The van der Waals surface area contributed by atoms with E-state index >= 15 is 0 Å². The Morgan fingerprint density at radius 3 is 2.97 bits per heavy atom. The third kappa shape index (κ3) is 3.33. The number of carbonyl (C=O) groups excluding carboxylic acids is 1. The number of hydrogen-bond acceptors (Lipinski definition) is 7. The van der Waals surface area contributed by atoms with Crippen molar-refractivity contribution in [2.45, 2.75) is 32.2 Å². The number of H-pyrrole nitrogens is 1. The van der Waals surface area contributed by atoms with Gasteiger partial charge in [0, 0.05) is 18.3 Å². The Balaban J connectivity index is 1.45. The average molecular weight is 435 g/mol. The van der Waals surface area contributed by atoms with Crippen molar-refractivity contribution >= 4 is 16.9 Å². The van der Waals surface area contributed by atoms with E-state index in [0.717, 1.165) is 30.8 Å². The Kier molecular flexibility index (Phi) is 4.64. The highest BCUT2D eigenvalue weighted by atomic mass is 16.7. The lowest BCUT2D eigenvalue weighted by atomic mass is 10.1. The molecule has 6 rings (SSSR count). The number of hydrogen-bond donors (Lipinski definition) is 3. The van der Waals surface area contributed by atoms with Crippen molar-refractivity contribution in [3.8, 4) is 28.5 Å². The first-order valence-corrected chi connectivity index (χ1v) is 11.1. The van der Waals surface area contributed by atoms with E-state index < -0.39 is 0 Å². The summed E-state index contributed by atoms with van der Waals surface area (Å²) in [7, 11) is 0. The molecule has 166 valence electrons. The molecule has 3 aliphatic rings. The van der Waals surface area contributed by atoms with Crippen molar-refractivity contribution in [2.75, 3.05) is 26.5 Å². The second-order valence-electron chi connectivity index (χ2n) is 8.66. The molecule has 3 N–H and O–H groups in total. The van der Waals surface area contributed by atoms with Gasteiger partial charge in [-0.15, -0.1) is 0 Å². The maximum Gasteiger partial charge on any atom is 0.255 e. The van der Waals surface area contributed by atoms with Crippen molar-refractivity contribution in [2.24, 2.45) is 5.92 Å². The van der Waals surface area contributed by atoms with E-state index in [-0.39, 0.29) is 18.7 Å². The lowest BCUT2D eigenvalue weighted by Crippen LogP contribution is -2.36. The van der Waals surface area contributed by atoms with E-state index in [0.29, 0.717) is 52.1 Å². The molecule has 1 aromatic carbocycles. The van der Waals surface area contributed by atoms with Gasteiger partial charge >= 0.3 is 0 Å². The molecule has 0 bridgehead atoms. The minimum absolute atomic E-state index is 0.124. The molecule has 1 aliphatic carbocycles. The van der Waals surface area contributed by atoms with Crippen molar-refractivity contribution in [1.82, 2.24) is 25.6 Å². The summed E-state index contributed by atoms with van der Waals surface area (Å²) < 4.78 is 17.6. The van der Waals surface area contributed by atoms with Gasteiger partial charge < -0.3 is 29.8 Å². The van der Waals surface area contributed by atoms with Crippen LogP contribution in [0.25, 0.3) is 22.3 Å². The largest absolute Gasteiger partial charge is 0.492 e. The molecule has 4 heterocycles. The van der Waals surface area contributed by atoms with E-state index in [1.807, 2.05) is 19.1 Å². The number of carbonyl (C=O) groups is 1. The van der Waals surface area contributed by atoms with Crippen LogP contribution in [0.4, 0.5) is 0 Å². The molecule has 9 nitrogen and oxygen atoms in total. The summed E-state index contributed by atoms with van der Waals surface area (Å²) in [6, 6.07) is 3.88. The Morgan fingerprint density at radius 2 is 2.16 bits per heavy atom. The first-order chi connectivity index (χ1) is 15.7. The Labute approximate surface area is 184 Å². The standard InChI is InChI=1S/C23H25N5O4/c1-12-17(23(29)28-14-6-7-24-8-14)19-21(27-12)20(26-10-25-19)18-15(30-9-13-2-3-13)4-5-16-22(18)32-11-31-16/h4-5,10,13-14,24,27H,2-3,6-9,11H2,1H3,(H,28,29)/t14-/m1/s1. The molecule has 1 amide bonds. The molecule has 0 unspecified atom stereocenters. The molecule has 0 spiro atoms. The van der Waals surface area contributed by atoms with Gasteiger partial charge in [-0.1, -0.05) is 0 Å². The first kappa shape index (κ1) is 19.4. The van der Waals surface area contributed by atoms with Gasteiger partial charge in [-0.3, -0.25) is 4.79 Å². The topological polar surface area (TPSA) is 110 Å². The summed E-state index contributed by atoms with van der Waals surface area (Å²) >= 11 is 0. The third-order valence-corrected chi connectivity index (χ3v) is 6.30. The highest BCUT2D eigenvalue weighted by Gasteiger charge is 2.30. The fourth-order valence-corrected chi connectivity index (χ4v) is 4.41. The predicted octanol–water partition coefficient (Wildman–Crippen LogP) is 2.54. The molecule has 9 heteroatoms. The highest BCUT2D eigenvalue weighted by Crippen LogP contribution is 2.48. The van der Waals surface area contributed by atoms with Crippen LogP contribution in [-0.2, 0) is 0 Å². The molecule has 1 atom stereocenters. The Bertz CT molecular complexity index is 1200. The zero-order valence-corrected chi connectivity index (χ0v) is 17.9. The molecular weight excluding hydrogens is 410 g/mol. The molecule has 2 aliphatic heterocycles. The summed E-state index contributed by atoms with van der Waals surface area (Å²) in [6.07, 6.45) is 4.80. The van der Waals surface area contributed by atoms with Crippen molar-refractivity contribution in [3.63, 3.8) is 0 Å². The van der Waals surface area contributed by atoms with Crippen LogP contribution >= 0.6 is 0 Å². The molecule has 2 fully saturated rings. The van der Waals surface area contributed by atoms with Gasteiger partial charge in [0.25, 0.3) is 5.91 Å². The zero-order valence-electron chi connectivity index (χ0n) is 17.9. The Hall–Kier alpha value is -3.33. The van der Waals surface area contributed by atoms with E-state index in [2.05, 4.69) is 25.6 Å². The number of aryl methyl sites for hydroxylation is 1. The number of benzene rings is 1. The van der Waals surface area contributed by atoms with E-state index in [9.17, 15) is 4.79 Å². The van der Waals surface area contributed by atoms with Gasteiger partial charge in [0.1, 0.15) is 23.3 Å². The average Bonchev–Trinajstić information content (AvgIpc) is 3.14. The fraction of sp³-hybridized carbons (Fsp3) is 0.435. The number of amides is 1. The molecule has 32 heavy (non-hydrogen) atoms. The summed E-state index contributed by atoms with van der Waals surface area (Å²) in [4.78, 5) is 25.5. The van der Waals surface area contributed by atoms with Crippen LogP contribution < -0.4 is 24.8 Å². The van der Waals surface area contributed by atoms with Crippen LogP contribution in [0.2, 0.25) is 0 Å². The van der Waals surface area contributed by atoms with Gasteiger partial charge in [0.2, 0.25) is 6.79 Å². The van der Waals surface area contributed by atoms with Crippen LogP contribution in [0.1, 0.15) is 35.3 Å². The van der Waals surface area contributed by atoms with Gasteiger partial charge in [0.15, 0.2) is 11.5 Å². The van der Waals surface area contributed by atoms with Gasteiger partial charge in [0.05, 0.1) is 23.3 Å². The summed E-state index contributed by atoms with van der Waals surface area (Å²) in [5.41, 5.74) is 3.91. The minimum atomic E-state index is -0.129. The number of aromatic nitrogens is 3. The number of fused-ring (bicyclic) bond motifs is 2. The van der Waals surface area contributed by atoms with Gasteiger partial charge in [-0.05, 0) is 50.8 Å². The third-order valence-electron chi connectivity index (χ3n) is 6.30. The summed E-state index contributed by atoms with van der Waals surface area (Å²) in [6.45, 7) is 4.38. The van der Waals surface area contributed by atoms with E-state index in [4.69, 9.17) is 14.2 Å². The van der Waals surface area contributed by atoms with Crippen LogP contribution in [0, 0.1) is 12.8 Å². The first-order valence-electron chi connectivity index (χ1n) is 11.1. The van der Waals surface area contributed by atoms with Gasteiger partial charge in [-0.25, -0.2) is 9.97 Å². The molecule has 1 saturated carbocycles. The number of rotatable bonds is 6. The quantitative estimate of drug-likeness (QED) is 0.546. The molecule has 2 aromatic heterocycles. The maximum absolute atomic E-state index is 13.1. The van der Waals surface area contributed by atoms with Crippen LogP contribution in [0.5, 0.6) is 17.2 Å². The molecule has 1 saturated heterocycles. The second kappa shape index (κ2) is 7.67. The van der Waals surface area contributed by atoms with Crippen molar-refractivity contribution in [3.05, 3.63) is 29.7 Å². The minimum Gasteiger partial charge on any atom is -0.492 e. The normalized spacial score (nSPS) is 19.5. The highest BCUT2D eigenvalue weighted by molar-refractivity contribution is 6.09. The van der Waals surface area contributed by atoms with E-state index in [1.165, 1.54) is 19.2 Å². The fourth-order valence-electron chi connectivity index (χ4n) is 4.41. The number of ether oxygens (including phenoxy) is 3. The number of aromatic amines is 1. The van der Waals surface area contributed by atoms with E-state index in [1.54, 1.807) is 0 Å². The lowest BCUT2D eigenvalue weighted by molar-refractivity contribution is 0.0941. The van der Waals surface area contributed by atoms with Crippen molar-refractivity contribution < 1.29 is 19.0 Å². The second-order valence-corrected chi connectivity index (χ2v) is 8.66.